The number of nitrogens with two attached hydrogens (primary N) is 1. The zero-order valence-corrected chi connectivity index (χ0v) is 18.7. The smallest absolute Gasteiger partial charge is 0.272 e. The lowest BCUT2D eigenvalue weighted by atomic mass is 10.1. The number of rotatable bonds is 9. The van der Waals surface area contributed by atoms with Crippen LogP contribution in [-0.4, -0.2) is 39.8 Å². The number of hydrogen-bond donors (Lipinski definition) is 2. The van der Waals surface area contributed by atoms with Crippen molar-refractivity contribution in [2.75, 3.05) is 11.9 Å². The Balaban J connectivity index is 2.01. The van der Waals surface area contributed by atoms with Crippen molar-refractivity contribution in [2.24, 2.45) is 5.14 Å². The highest BCUT2D eigenvalue weighted by Gasteiger charge is 2.30. The van der Waals surface area contributed by atoms with Crippen LogP contribution < -0.4 is 15.4 Å². The van der Waals surface area contributed by atoms with Crippen LogP contribution in [0.4, 0.5) is 5.82 Å². The first-order chi connectivity index (χ1) is 13.4. The second-order valence-electron chi connectivity index (χ2n) is 7.33. The Morgan fingerprint density at radius 1 is 0.931 bits per heavy atom. The van der Waals surface area contributed by atoms with E-state index in [2.05, 4.69) is 10.3 Å². The third-order valence-electron chi connectivity index (χ3n) is 4.36. The maximum Gasteiger partial charge on any atom is 0.272 e. The van der Waals surface area contributed by atoms with Crippen LogP contribution in [0, 0.1) is 0 Å². The third kappa shape index (κ3) is 5.99. The molecule has 0 saturated heterocycles. The van der Waals surface area contributed by atoms with Crippen LogP contribution in [0.5, 0.6) is 0 Å². The molecule has 29 heavy (non-hydrogen) atoms. The number of aromatic nitrogens is 1. The lowest BCUT2D eigenvalue weighted by Crippen LogP contribution is -2.42. The van der Waals surface area contributed by atoms with Gasteiger partial charge in [0, 0.05) is 24.6 Å². The van der Waals surface area contributed by atoms with Crippen LogP contribution in [0.25, 0.3) is 0 Å². The van der Waals surface area contributed by atoms with Crippen molar-refractivity contribution in [1.29, 1.82) is 0 Å². The van der Waals surface area contributed by atoms with Crippen LogP contribution in [0.2, 0.25) is 0 Å². The molecule has 0 saturated carbocycles. The third-order valence-corrected chi connectivity index (χ3v) is 7.54. The molecule has 0 atom stereocenters. The standard InChI is InChI=1S/C19H28N4O4S2/c1-14(2)23(15(3)4)29(26,27)18-9-10-19(22-13-18)21-12-11-16-5-7-17(8-6-16)28(20,24)25/h5-10,13-15H,11-12H2,1-4H3,(H,21,22)(H2,20,24,25)/p+1. The largest absolute Gasteiger partial charge is 0.274 e. The Hall–Kier alpha value is -2.01. The molecule has 160 valence electrons. The maximum atomic E-state index is 12.9. The number of nitrogens with zero attached hydrogens (tertiary/aromatic N) is 1. The summed E-state index contributed by atoms with van der Waals surface area (Å²) >= 11 is 0. The number of H-pyrrole nitrogens is 1. The van der Waals surface area contributed by atoms with Crippen LogP contribution in [0.1, 0.15) is 33.3 Å². The Kier molecular flexibility index (Phi) is 7.39. The average Bonchev–Trinajstić information content (AvgIpc) is 2.61. The second-order valence-corrected chi connectivity index (χ2v) is 10.7. The molecule has 0 aliphatic carbocycles. The van der Waals surface area contributed by atoms with E-state index in [0.717, 1.165) is 5.56 Å². The summed E-state index contributed by atoms with van der Waals surface area (Å²) in [5.74, 6) is 0.686. The van der Waals surface area contributed by atoms with E-state index in [4.69, 9.17) is 5.14 Å². The van der Waals surface area contributed by atoms with E-state index in [1.165, 1.54) is 22.6 Å². The Labute approximate surface area is 173 Å². The van der Waals surface area contributed by atoms with Gasteiger partial charge in [0.25, 0.3) is 5.82 Å². The van der Waals surface area contributed by atoms with Gasteiger partial charge in [-0.2, -0.15) is 4.31 Å². The quantitative estimate of drug-likeness (QED) is 0.612. The van der Waals surface area contributed by atoms with Gasteiger partial charge < -0.3 is 0 Å². The molecule has 0 radical (unpaired) electrons. The molecule has 1 aromatic carbocycles. The van der Waals surface area contributed by atoms with Crippen molar-refractivity contribution in [3.05, 3.63) is 48.2 Å². The Morgan fingerprint density at radius 2 is 1.48 bits per heavy atom. The van der Waals surface area contributed by atoms with Crippen LogP contribution in [0.3, 0.4) is 0 Å². The second kappa shape index (κ2) is 9.21. The average molecular weight is 442 g/mol. The van der Waals surface area contributed by atoms with Crippen LogP contribution in [-0.2, 0) is 26.5 Å². The molecule has 2 rings (SSSR count). The number of sulfonamides is 2. The topological polar surface area (TPSA) is 124 Å². The number of anilines is 1. The summed E-state index contributed by atoms with van der Waals surface area (Å²) in [7, 11) is -7.27. The van der Waals surface area contributed by atoms with Gasteiger partial charge in [-0.15, -0.1) is 0 Å². The number of benzene rings is 1. The summed E-state index contributed by atoms with van der Waals surface area (Å²) in [5.41, 5.74) is 0.952. The molecule has 0 spiro atoms. The molecular weight excluding hydrogens is 412 g/mol. The molecular formula is C19H29N4O4S2+. The van der Waals surface area contributed by atoms with Gasteiger partial charge in [-0.25, -0.2) is 27.0 Å². The normalized spacial score (nSPS) is 12.7. The van der Waals surface area contributed by atoms with E-state index >= 15 is 0 Å². The molecule has 0 amide bonds. The summed E-state index contributed by atoms with van der Waals surface area (Å²) < 4.78 is 49.7. The van der Waals surface area contributed by atoms with E-state index in [1.807, 2.05) is 27.7 Å². The van der Waals surface area contributed by atoms with Gasteiger partial charge in [-0.1, -0.05) is 12.1 Å². The van der Waals surface area contributed by atoms with Crippen molar-refractivity contribution in [3.63, 3.8) is 0 Å². The monoisotopic (exact) mass is 441 g/mol. The summed E-state index contributed by atoms with van der Waals surface area (Å²) in [6.07, 6.45) is 2.14. The maximum absolute atomic E-state index is 12.9. The molecule has 10 heteroatoms. The van der Waals surface area contributed by atoms with Gasteiger partial charge in [-0.3, -0.25) is 5.32 Å². The van der Waals surface area contributed by atoms with Crippen molar-refractivity contribution in [2.45, 2.75) is 56.0 Å². The van der Waals surface area contributed by atoms with Crippen molar-refractivity contribution in [1.82, 2.24) is 4.31 Å². The highest BCUT2D eigenvalue weighted by Crippen LogP contribution is 2.20. The summed E-state index contributed by atoms with van der Waals surface area (Å²) in [5, 5.41) is 8.27. The minimum Gasteiger partial charge on any atom is -0.274 e. The zero-order valence-electron chi connectivity index (χ0n) is 17.1. The fraction of sp³-hybridized carbons (Fsp3) is 0.421. The molecule has 2 aromatic rings. The predicted molar refractivity (Wildman–Crippen MR) is 112 cm³/mol. The summed E-state index contributed by atoms with van der Waals surface area (Å²) in [6, 6.07) is 9.37. The number of hydrogen-bond acceptors (Lipinski definition) is 5. The lowest BCUT2D eigenvalue weighted by molar-refractivity contribution is -0.364. The molecule has 0 fully saturated rings. The molecule has 0 aliphatic rings. The minimum atomic E-state index is -3.69. The molecule has 0 unspecified atom stereocenters. The Morgan fingerprint density at radius 3 is 1.93 bits per heavy atom. The molecule has 0 bridgehead atoms. The van der Waals surface area contributed by atoms with Gasteiger partial charge in [-0.05, 0) is 51.5 Å². The number of nitrogens with one attached hydrogen (secondary N) is 2. The number of pyridine rings is 1. The van der Waals surface area contributed by atoms with Crippen LogP contribution in [0.15, 0.2) is 52.4 Å². The first kappa shape index (κ1) is 23.3. The van der Waals surface area contributed by atoms with Crippen molar-refractivity contribution < 1.29 is 21.8 Å². The van der Waals surface area contributed by atoms with Crippen LogP contribution >= 0.6 is 0 Å². The van der Waals surface area contributed by atoms with E-state index in [0.29, 0.717) is 18.8 Å². The van der Waals surface area contributed by atoms with E-state index in [-0.39, 0.29) is 21.9 Å². The van der Waals surface area contributed by atoms with Gasteiger partial charge in [0.05, 0.1) is 11.4 Å². The van der Waals surface area contributed by atoms with Gasteiger partial charge in [0.15, 0.2) is 0 Å². The minimum absolute atomic E-state index is 0.0798. The van der Waals surface area contributed by atoms with Gasteiger partial charge in [0.2, 0.25) is 20.0 Å². The first-order valence-electron chi connectivity index (χ1n) is 9.34. The first-order valence-corrected chi connectivity index (χ1v) is 12.3. The fourth-order valence-electron chi connectivity index (χ4n) is 3.14. The van der Waals surface area contributed by atoms with Gasteiger partial charge in [0.1, 0.15) is 11.1 Å². The zero-order chi connectivity index (χ0) is 21.8. The molecule has 8 nitrogen and oxygen atoms in total. The summed E-state index contributed by atoms with van der Waals surface area (Å²) in [4.78, 5) is 3.27. The molecule has 4 N–H and O–H groups in total. The van der Waals surface area contributed by atoms with Crippen molar-refractivity contribution in [3.8, 4) is 0 Å². The molecule has 1 heterocycles. The Bertz CT molecular complexity index is 1010. The number of primary sulfonamides is 1. The van der Waals surface area contributed by atoms with Gasteiger partial charge >= 0.3 is 0 Å². The highest BCUT2D eigenvalue weighted by atomic mass is 32.2. The van der Waals surface area contributed by atoms with E-state index in [1.54, 1.807) is 24.3 Å². The van der Waals surface area contributed by atoms with Crippen molar-refractivity contribution >= 4 is 25.9 Å². The number of aromatic amines is 1. The fourth-order valence-corrected chi connectivity index (χ4v) is 5.46. The highest BCUT2D eigenvalue weighted by molar-refractivity contribution is 7.89. The lowest BCUT2D eigenvalue weighted by Gasteiger charge is -2.29. The predicted octanol–water partition coefficient (Wildman–Crippen LogP) is 1.61. The summed E-state index contributed by atoms with van der Waals surface area (Å²) in [6.45, 7) is 8.00. The molecule has 1 aromatic heterocycles. The SMILES string of the molecule is CC(C)N(C(C)C)S(=O)(=O)c1ccc(NCCc2ccc(S(N)(=O)=O)cc2)[nH+]c1. The van der Waals surface area contributed by atoms with E-state index in [9.17, 15) is 16.8 Å². The van der Waals surface area contributed by atoms with E-state index < -0.39 is 20.0 Å². The molecule has 0 aliphatic heterocycles.